The second-order valence-corrected chi connectivity index (χ2v) is 8.16. The molecule has 0 aliphatic heterocycles. The Kier molecular flexibility index (Phi) is 4.86. The summed E-state index contributed by atoms with van der Waals surface area (Å²) < 4.78 is 6.96. The van der Waals surface area contributed by atoms with Crippen molar-refractivity contribution in [2.75, 3.05) is 7.05 Å². The zero-order chi connectivity index (χ0) is 19.0. The van der Waals surface area contributed by atoms with E-state index in [1.54, 1.807) is 40.4 Å². The molecule has 0 radical (unpaired) electrons. The highest BCUT2D eigenvalue weighted by Crippen LogP contribution is 2.33. The van der Waals surface area contributed by atoms with Gasteiger partial charge in [-0.2, -0.15) is 0 Å². The number of nitrogens with zero attached hydrogens (tertiary/aromatic N) is 3. The monoisotopic (exact) mass is 385 g/mol. The summed E-state index contributed by atoms with van der Waals surface area (Å²) in [6, 6.07) is 3.52. The molecule has 3 aromatic heterocycles. The fraction of sp³-hybridized carbons (Fsp3) is 0.450. The summed E-state index contributed by atoms with van der Waals surface area (Å²) in [6.45, 7) is 2.26. The van der Waals surface area contributed by atoms with Gasteiger partial charge in [0, 0.05) is 24.9 Å². The Bertz CT molecular complexity index is 1020. The van der Waals surface area contributed by atoms with Crippen molar-refractivity contribution in [3.8, 4) is 0 Å². The first-order valence-corrected chi connectivity index (χ1v) is 10.2. The Hall–Kier alpha value is -2.41. The fourth-order valence-corrected chi connectivity index (χ4v) is 4.89. The first-order chi connectivity index (χ1) is 13.1. The van der Waals surface area contributed by atoms with Crippen LogP contribution in [0.25, 0.3) is 10.2 Å². The van der Waals surface area contributed by atoms with Gasteiger partial charge in [0.25, 0.3) is 5.56 Å². The van der Waals surface area contributed by atoms with Crippen LogP contribution in [0.2, 0.25) is 0 Å². The number of aryl methyl sites for hydroxylation is 3. The van der Waals surface area contributed by atoms with Gasteiger partial charge in [-0.15, -0.1) is 11.3 Å². The molecule has 1 amide bonds. The number of aromatic nitrogens is 2. The van der Waals surface area contributed by atoms with E-state index in [4.69, 9.17) is 4.42 Å². The molecule has 1 atom stereocenters. The normalized spacial score (nSPS) is 14.9. The van der Waals surface area contributed by atoms with Gasteiger partial charge in [0.05, 0.1) is 24.0 Å². The molecule has 0 N–H and O–H groups in total. The lowest BCUT2D eigenvalue weighted by molar-refractivity contribution is -0.132. The molecule has 0 fully saturated rings. The first kappa shape index (κ1) is 18.0. The van der Waals surface area contributed by atoms with Crippen LogP contribution in [0.5, 0.6) is 0 Å². The lowest BCUT2D eigenvalue weighted by Gasteiger charge is -2.23. The maximum Gasteiger partial charge on any atom is 0.262 e. The fourth-order valence-electron chi connectivity index (χ4n) is 3.67. The number of hydrogen-bond donors (Lipinski definition) is 0. The summed E-state index contributed by atoms with van der Waals surface area (Å²) in [6.07, 6.45) is 7.75. The quantitative estimate of drug-likeness (QED) is 0.674. The number of amides is 1. The third-order valence-corrected chi connectivity index (χ3v) is 6.64. The van der Waals surface area contributed by atoms with E-state index >= 15 is 0 Å². The van der Waals surface area contributed by atoms with Crippen LogP contribution in [0.15, 0.2) is 33.9 Å². The van der Waals surface area contributed by atoms with Gasteiger partial charge in [0.1, 0.15) is 10.6 Å². The predicted molar refractivity (Wildman–Crippen MR) is 105 cm³/mol. The van der Waals surface area contributed by atoms with E-state index in [-0.39, 0.29) is 23.9 Å². The minimum atomic E-state index is -0.145. The van der Waals surface area contributed by atoms with E-state index < -0.39 is 0 Å². The molecule has 1 aliphatic carbocycles. The second-order valence-electron chi connectivity index (χ2n) is 7.08. The molecule has 142 valence electrons. The molecule has 0 saturated heterocycles. The number of carbonyl (C=O) groups excluding carboxylic acids is 1. The average molecular weight is 385 g/mol. The molecular weight excluding hydrogens is 362 g/mol. The molecule has 0 spiro atoms. The van der Waals surface area contributed by atoms with E-state index in [9.17, 15) is 9.59 Å². The average Bonchev–Trinajstić information content (AvgIpc) is 3.34. The van der Waals surface area contributed by atoms with Gasteiger partial charge in [-0.3, -0.25) is 14.2 Å². The highest BCUT2D eigenvalue weighted by atomic mass is 32.1. The van der Waals surface area contributed by atoms with Crippen molar-refractivity contribution in [2.45, 2.75) is 51.6 Å². The zero-order valence-electron chi connectivity index (χ0n) is 15.6. The maximum absolute atomic E-state index is 13.0. The number of furan rings is 1. The van der Waals surface area contributed by atoms with Crippen LogP contribution < -0.4 is 5.56 Å². The minimum absolute atomic E-state index is 0.0195. The standard InChI is InChI=1S/C20H23N3O3S/c1-13(15-7-5-11-26-15)22(2)17(24)9-10-23-12-21-19-18(20(23)25)14-6-3-4-8-16(14)27-19/h5,7,11-13H,3-4,6,8-10H2,1-2H3. The Morgan fingerprint density at radius 3 is 3.00 bits per heavy atom. The molecule has 0 saturated carbocycles. The summed E-state index contributed by atoms with van der Waals surface area (Å²) in [5.41, 5.74) is 1.16. The van der Waals surface area contributed by atoms with E-state index in [2.05, 4.69) is 4.98 Å². The number of fused-ring (bicyclic) bond motifs is 3. The van der Waals surface area contributed by atoms with Crippen LogP contribution in [-0.2, 0) is 24.2 Å². The number of thiophene rings is 1. The van der Waals surface area contributed by atoms with Gasteiger partial charge >= 0.3 is 0 Å². The van der Waals surface area contributed by atoms with Gasteiger partial charge in [-0.1, -0.05) is 0 Å². The third-order valence-electron chi connectivity index (χ3n) is 5.44. The van der Waals surface area contributed by atoms with Crippen LogP contribution in [-0.4, -0.2) is 27.4 Å². The molecule has 1 unspecified atom stereocenters. The molecule has 3 aromatic rings. The van der Waals surface area contributed by atoms with Gasteiger partial charge in [0.2, 0.25) is 5.91 Å². The van der Waals surface area contributed by atoms with Gasteiger partial charge in [-0.25, -0.2) is 4.98 Å². The van der Waals surface area contributed by atoms with Crippen LogP contribution in [0.3, 0.4) is 0 Å². The Balaban J connectivity index is 1.51. The Labute approximate surface area is 161 Å². The van der Waals surface area contributed by atoms with Gasteiger partial charge in [0.15, 0.2) is 0 Å². The molecule has 0 bridgehead atoms. The van der Waals surface area contributed by atoms with Gasteiger partial charge in [-0.05, 0) is 50.3 Å². The smallest absolute Gasteiger partial charge is 0.262 e. The van der Waals surface area contributed by atoms with E-state index in [1.807, 2.05) is 19.1 Å². The summed E-state index contributed by atoms with van der Waals surface area (Å²) in [4.78, 5) is 33.8. The molecule has 1 aliphatic rings. The van der Waals surface area contributed by atoms with Crippen molar-refractivity contribution < 1.29 is 9.21 Å². The second kappa shape index (κ2) is 7.31. The predicted octanol–water partition coefficient (Wildman–Crippen LogP) is 3.54. The van der Waals surface area contributed by atoms with Crippen LogP contribution in [0, 0.1) is 0 Å². The minimum Gasteiger partial charge on any atom is -0.467 e. The topological polar surface area (TPSA) is 68.3 Å². The summed E-state index contributed by atoms with van der Waals surface area (Å²) in [5.74, 6) is 0.717. The van der Waals surface area contributed by atoms with Crippen molar-refractivity contribution >= 4 is 27.5 Å². The lowest BCUT2D eigenvalue weighted by Crippen LogP contribution is -2.31. The van der Waals surface area contributed by atoms with Crippen molar-refractivity contribution in [3.05, 3.63) is 51.3 Å². The molecule has 27 heavy (non-hydrogen) atoms. The molecule has 4 rings (SSSR count). The Morgan fingerprint density at radius 2 is 2.22 bits per heavy atom. The van der Waals surface area contributed by atoms with Crippen molar-refractivity contribution in [1.82, 2.24) is 14.5 Å². The number of rotatable bonds is 5. The third kappa shape index (κ3) is 3.32. The lowest BCUT2D eigenvalue weighted by atomic mass is 9.97. The van der Waals surface area contributed by atoms with E-state index in [0.717, 1.165) is 35.2 Å². The largest absolute Gasteiger partial charge is 0.467 e. The summed E-state index contributed by atoms with van der Waals surface area (Å²) in [7, 11) is 1.76. The number of hydrogen-bond acceptors (Lipinski definition) is 5. The van der Waals surface area contributed by atoms with Crippen molar-refractivity contribution in [3.63, 3.8) is 0 Å². The van der Waals surface area contributed by atoms with E-state index in [0.29, 0.717) is 6.54 Å². The van der Waals surface area contributed by atoms with Crippen LogP contribution in [0.1, 0.15) is 48.4 Å². The highest BCUT2D eigenvalue weighted by molar-refractivity contribution is 7.18. The van der Waals surface area contributed by atoms with Crippen LogP contribution in [0.4, 0.5) is 0 Å². The molecule has 6 nitrogen and oxygen atoms in total. The van der Waals surface area contributed by atoms with Crippen molar-refractivity contribution in [2.24, 2.45) is 0 Å². The summed E-state index contributed by atoms with van der Waals surface area (Å²) in [5, 5.41) is 0.766. The molecule has 7 heteroatoms. The number of carbonyl (C=O) groups is 1. The molecule has 3 heterocycles. The Morgan fingerprint density at radius 1 is 1.41 bits per heavy atom. The molecular formula is C20H23N3O3S. The molecule has 0 aromatic carbocycles. The zero-order valence-corrected chi connectivity index (χ0v) is 16.4. The summed E-state index contributed by atoms with van der Waals surface area (Å²) >= 11 is 1.64. The van der Waals surface area contributed by atoms with E-state index in [1.165, 1.54) is 16.9 Å². The first-order valence-electron chi connectivity index (χ1n) is 9.35. The highest BCUT2D eigenvalue weighted by Gasteiger charge is 2.22. The SMILES string of the molecule is CC(c1ccco1)N(C)C(=O)CCn1cnc2sc3c(c2c1=O)CCCC3. The maximum atomic E-state index is 13.0. The van der Waals surface area contributed by atoms with Crippen LogP contribution >= 0.6 is 11.3 Å². The van der Waals surface area contributed by atoms with Crippen molar-refractivity contribution in [1.29, 1.82) is 0 Å². The van der Waals surface area contributed by atoms with Gasteiger partial charge < -0.3 is 9.32 Å².